The summed E-state index contributed by atoms with van der Waals surface area (Å²) < 4.78 is 1.19. The molecule has 3 aliphatic rings. The minimum absolute atomic E-state index is 0.611. The van der Waals surface area contributed by atoms with Crippen LogP contribution < -0.4 is 5.32 Å². The summed E-state index contributed by atoms with van der Waals surface area (Å²) in [4.78, 5) is 0. The van der Waals surface area contributed by atoms with Gasteiger partial charge in [-0.3, -0.25) is 0 Å². The van der Waals surface area contributed by atoms with Gasteiger partial charge in [0.15, 0.2) is 0 Å². The summed E-state index contributed by atoms with van der Waals surface area (Å²) in [6, 6.07) is 7.33. The predicted octanol–water partition coefficient (Wildman–Crippen LogP) is 5.26. The molecule has 0 amide bonds. The first kappa shape index (κ1) is 12.7. The van der Waals surface area contributed by atoms with Crippen molar-refractivity contribution in [2.75, 3.05) is 5.32 Å². The molecule has 1 aromatic rings. The van der Waals surface area contributed by atoms with Crippen molar-refractivity contribution >= 4 is 21.6 Å². The van der Waals surface area contributed by atoms with E-state index < -0.39 is 0 Å². The summed E-state index contributed by atoms with van der Waals surface area (Å²) in [6.45, 7) is 0. The average Bonchev–Trinajstić information content (AvgIpc) is 2.97. The predicted molar refractivity (Wildman–Crippen MR) is 88.0 cm³/mol. The molecule has 0 bridgehead atoms. The van der Waals surface area contributed by atoms with E-state index in [1.165, 1.54) is 41.4 Å². The highest BCUT2D eigenvalue weighted by Gasteiger charge is 2.40. The molecule has 2 aliphatic carbocycles. The molecule has 0 aromatic heterocycles. The minimum Gasteiger partial charge on any atom is -0.381 e. The molecular weight excluding hydrogens is 310 g/mol. The number of nitrogens with one attached hydrogen (secondary N) is 1. The maximum atomic E-state index is 3.87. The lowest BCUT2D eigenvalue weighted by Gasteiger charge is -2.42. The standard InChI is InChI=1S/C18H20BrN/c19-13-9-10-17-16(11-13)14-7-4-8-15(14)18(20-17)12-5-2-1-3-6-12/h1-2,4,7,9-12,14-15,18,20H,3,5-6,8H2/t12-,14-,15+,18+/m1/s1. The van der Waals surface area contributed by atoms with Gasteiger partial charge in [-0.2, -0.15) is 0 Å². The van der Waals surface area contributed by atoms with Crippen LogP contribution in [0.2, 0.25) is 0 Å². The fourth-order valence-electron chi connectivity index (χ4n) is 4.21. The molecular formula is C18H20BrN. The molecule has 0 unspecified atom stereocenters. The minimum atomic E-state index is 0.611. The van der Waals surface area contributed by atoms with E-state index in [1.54, 1.807) is 0 Å². The van der Waals surface area contributed by atoms with Crippen LogP contribution in [0.1, 0.15) is 37.2 Å². The maximum absolute atomic E-state index is 3.87. The lowest BCUT2D eigenvalue weighted by atomic mass is 9.72. The summed E-state index contributed by atoms with van der Waals surface area (Å²) in [5.74, 6) is 2.15. The van der Waals surface area contributed by atoms with Gasteiger partial charge in [-0.1, -0.05) is 40.2 Å². The number of benzene rings is 1. The third-order valence-corrected chi connectivity index (χ3v) is 5.68. The Morgan fingerprint density at radius 1 is 1.10 bits per heavy atom. The molecule has 1 aliphatic heterocycles. The molecule has 20 heavy (non-hydrogen) atoms. The molecule has 0 saturated heterocycles. The Morgan fingerprint density at radius 3 is 2.90 bits per heavy atom. The van der Waals surface area contributed by atoms with Crippen molar-refractivity contribution in [1.82, 2.24) is 0 Å². The third-order valence-electron chi connectivity index (χ3n) is 5.19. The smallest absolute Gasteiger partial charge is 0.0382 e. The quantitative estimate of drug-likeness (QED) is 0.693. The second-order valence-corrected chi connectivity index (χ2v) is 7.22. The molecule has 104 valence electrons. The van der Waals surface area contributed by atoms with Gasteiger partial charge >= 0.3 is 0 Å². The Balaban J connectivity index is 1.70. The van der Waals surface area contributed by atoms with Gasteiger partial charge in [0.1, 0.15) is 0 Å². The van der Waals surface area contributed by atoms with Crippen molar-refractivity contribution in [2.45, 2.75) is 37.6 Å². The molecule has 4 rings (SSSR count). The number of hydrogen-bond acceptors (Lipinski definition) is 1. The lowest BCUT2D eigenvalue weighted by Crippen LogP contribution is -2.41. The van der Waals surface area contributed by atoms with Gasteiger partial charge in [0.25, 0.3) is 0 Å². The van der Waals surface area contributed by atoms with Gasteiger partial charge in [0.2, 0.25) is 0 Å². The molecule has 1 aromatic carbocycles. The molecule has 0 spiro atoms. The molecule has 1 heterocycles. The first-order chi connectivity index (χ1) is 9.83. The Labute approximate surface area is 129 Å². The van der Waals surface area contributed by atoms with Crippen molar-refractivity contribution in [3.63, 3.8) is 0 Å². The topological polar surface area (TPSA) is 12.0 Å². The highest BCUT2D eigenvalue weighted by Crippen LogP contribution is 2.48. The van der Waals surface area contributed by atoms with Crippen LogP contribution in [-0.4, -0.2) is 6.04 Å². The van der Waals surface area contributed by atoms with Crippen LogP contribution in [-0.2, 0) is 0 Å². The Hall–Kier alpha value is -1.02. The summed E-state index contributed by atoms with van der Waals surface area (Å²) >= 11 is 3.62. The molecule has 0 radical (unpaired) electrons. The van der Waals surface area contributed by atoms with Crippen LogP contribution in [0.25, 0.3) is 0 Å². The molecule has 4 atom stereocenters. The number of hydrogen-bond donors (Lipinski definition) is 1. The van der Waals surface area contributed by atoms with E-state index in [0.717, 1.165) is 11.8 Å². The monoisotopic (exact) mass is 329 g/mol. The number of rotatable bonds is 1. The summed E-state index contributed by atoms with van der Waals surface area (Å²) in [5, 5.41) is 3.87. The zero-order chi connectivity index (χ0) is 13.5. The van der Waals surface area contributed by atoms with Crippen molar-refractivity contribution in [2.24, 2.45) is 11.8 Å². The van der Waals surface area contributed by atoms with E-state index in [0.29, 0.717) is 12.0 Å². The second-order valence-electron chi connectivity index (χ2n) is 6.30. The van der Waals surface area contributed by atoms with Crippen molar-refractivity contribution in [3.05, 3.63) is 52.5 Å². The van der Waals surface area contributed by atoms with E-state index >= 15 is 0 Å². The van der Waals surface area contributed by atoms with Crippen LogP contribution in [0.4, 0.5) is 5.69 Å². The average molecular weight is 330 g/mol. The van der Waals surface area contributed by atoms with Gasteiger partial charge < -0.3 is 5.32 Å². The van der Waals surface area contributed by atoms with Gasteiger partial charge in [-0.05, 0) is 61.3 Å². The second kappa shape index (κ2) is 5.07. The largest absolute Gasteiger partial charge is 0.381 e. The SMILES string of the molecule is Brc1ccc2c(c1)[C@@H]1C=CC[C@@H]1[C@H]([C@@H]1CC=CCC1)N2. The Morgan fingerprint density at radius 2 is 2.05 bits per heavy atom. The first-order valence-corrected chi connectivity index (χ1v) is 8.50. The van der Waals surface area contributed by atoms with Crippen LogP contribution in [0.15, 0.2) is 47.0 Å². The highest BCUT2D eigenvalue weighted by atomic mass is 79.9. The van der Waals surface area contributed by atoms with Crippen molar-refractivity contribution in [3.8, 4) is 0 Å². The third kappa shape index (κ3) is 2.05. The summed E-state index contributed by atoms with van der Waals surface area (Å²) in [6.07, 6.45) is 14.6. The number of halogens is 1. The van der Waals surface area contributed by atoms with Crippen molar-refractivity contribution in [1.29, 1.82) is 0 Å². The van der Waals surface area contributed by atoms with Crippen LogP contribution >= 0.6 is 15.9 Å². The zero-order valence-electron chi connectivity index (χ0n) is 11.6. The van der Waals surface area contributed by atoms with Crippen molar-refractivity contribution < 1.29 is 0 Å². The highest BCUT2D eigenvalue weighted by molar-refractivity contribution is 9.10. The van der Waals surface area contributed by atoms with Gasteiger partial charge in [-0.15, -0.1) is 0 Å². The van der Waals surface area contributed by atoms with Crippen LogP contribution in [0.5, 0.6) is 0 Å². The Kier molecular flexibility index (Phi) is 3.22. The van der Waals surface area contributed by atoms with Crippen LogP contribution in [0, 0.1) is 11.8 Å². The molecule has 1 nitrogen and oxygen atoms in total. The van der Waals surface area contributed by atoms with Gasteiger partial charge in [0, 0.05) is 22.1 Å². The van der Waals surface area contributed by atoms with Crippen LogP contribution in [0.3, 0.4) is 0 Å². The zero-order valence-corrected chi connectivity index (χ0v) is 13.1. The fraction of sp³-hybridized carbons (Fsp3) is 0.444. The molecule has 1 N–H and O–H groups in total. The number of allylic oxidation sites excluding steroid dienone is 4. The summed E-state index contributed by atoms with van der Waals surface area (Å²) in [5.41, 5.74) is 2.82. The van der Waals surface area contributed by atoms with E-state index in [9.17, 15) is 0 Å². The molecule has 0 fully saturated rings. The summed E-state index contributed by atoms with van der Waals surface area (Å²) in [7, 11) is 0. The molecule has 0 saturated carbocycles. The normalized spacial score (nSPS) is 34.5. The first-order valence-electron chi connectivity index (χ1n) is 7.70. The lowest BCUT2D eigenvalue weighted by molar-refractivity contribution is 0.294. The number of anilines is 1. The Bertz CT molecular complexity index is 575. The van der Waals surface area contributed by atoms with E-state index in [-0.39, 0.29) is 0 Å². The van der Waals surface area contributed by atoms with E-state index in [4.69, 9.17) is 0 Å². The number of fused-ring (bicyclic) bond motifs is 3. The van der Waals surface area contributed by atoms with Gasteiger partial charge in [0.05, 0.1) is 0 Å². The van der Waals surface area contributed by atoms with E-state index in [1.807, 2.05) is 0 Å². The van der Waals surface area contributed by atoms with E-state index in [2.05, 4.69) is 63.7 Å². The van der Waals surface area contributed by atoms with Gasteiger partial charge in [-0.25, -0.2) is 0 Å². The fourth-order valence-corrected chi connectivity index (χ4v) is 4.59. The maximum Gasteiger partial charge on any atom is 0.0382 e. The molecule has 2 heteroatoms.